The van der Waals surface area contributed by atoms with Crippen LogP contribution in [-0.2, 0) is 11.3 Å². The number of Topliss-reactive ketones (excluding diaryl/α,β-unsaturated/α-hetero) is 1. The van der Waals surface area contributed by atoms with Gasteiger partial charge < -0.3 is 19.4 Å². The van der Waals surface area contributed by atoms with Crippen LogP contribution in [0, 0.1) is 0 Å². The van der Waals surface area contributed by atoms with Gasteiger partial charge in [0, 0.05) is 23.9 Å². The van der Waals surface area contributed by atoms with Crippen molar-refractivity contribution in [3.63, 3.8) is 0 Å². The van der Waals surface area contributed by atoms with E-state index in [9.17, 15) is 9.59 Å². The second-order valence-electron chi connectivity index (χ2n) is 7.67. The van der Waals surface area contributed by atoms with E-state index in [1.165, 1.54) is 18.7 Å². The Morgan fingerprint density at radius 3 is 2.50 bits per heavy atom. The molecule has 0 aliphatic carbocycles. The minimum Gasteiger partial charge on any atom is -0.497 e. The van der Waals surface area contributed by atoms with Crippen LogP contribution in [0.2, 0.25) is 0 Å². The van der Waals surface area contributed by atoms with Crippen LogP contribution in [0.1, 0.15) is 56.4 Å². The number of methoxy groups -OCH3 is 1. The Hall–Kier alpha value is -3.33. The van der Waals surface area contributed by atoms with Gasteiger partial charge in [0.05, 0.1) is 12.4 Å². The van der Waals surface area contributed by atoms with Crippen molar-refractivity contribution in [2.24, 2.45) is 0 Å². The van der Waals surface area contributed by atoms with Gasteiger partial charge in [-0.05, 0) is 51.5 Å². The lowest BCUT2D eigenvalue weighted by atomic mass is 10.1. The lowest BCUT2D eigenvalue weighted by Gasteiger charge is -2.17. The fraction of sp³-hybridized carbons (Fsp3) is 0.360. The van der Waals surface area contributed by atoms with Crippen LogP contribution in [0.15, 0.2) is 53.7 Å². The highest BCUT2D eigenvalue weighted by Crippen LogP contribution is 2.29. The molecule has 0 bridgehead atoms. The van der Waals surface area contributed by atoms with Crippen LogP contribution in [-0.4, -0.2) is 38.8 Å². The predicted octanol–water partition coefficient (Wildman–Crippen LogP) is 5.16. The van der Waals surface area contributed by atoms with Crippen molar-refractivity contribution in [3.05, 3.63) is 59.9 Å². The zero-order valence-electron chi connectivity index (χ0n) is 20.1. The van der Waals surface area contributed by atoms with Gasteiger partial charge in [-0.25, -0.2) is 0 Å². The molecule has 0 fully saturated rings. The third-order valence-electron chi connectivity index (χ3n) is 5.23. The van der Waals surface area contributed by atoms with Crippen molar-refractivity contribution in [2.75, 3.05) is 12.4 Å². The molecule has 3 aromatic rings. The molecule has 1 heterocycles. The number of carbonyl (C=O) groups excluding carboxylic acids is 2. The quantitative estimate of drug-likeness (QED) is 0.298. The summed E-state index contributed by atoms with van der Waals surface area (Å²) in [6.45, 7) is 8.00. The molecule has 1 amide bonds. The average Bonchev–Trinajstić information content (AvgIpc) is 3.25. The van der Waals surface area contributed by atoms with E-state index < -0.39 is 0 Å². The highest BCUT2D eigenvalue weighted by atomic mass is 32.2. The SMILES string of the molecule is CCC(Sc1nnc(C(C)Oc2cccc(OC)c2)n1CC)C(=O)Nc1cccc(C(C)=O)c1. The van der Waals surface area contributed by atoms with Crippen LogP contribution < -0.4 is 14.8 Å². The number of nitrogens with zero attached hydrogens (tertiary/aromatic N) is 3. The summed E-state index contributed by atoms with van der Waals surface area (Å²) in [7, 11) is 1.61. The second kappa shape index (κ2) is 11.7. The number of rotatable bonds is 11. The topological polar surface area (TPSA) is 95.3 Å². The van der Waals surface area contributed by atoms with E-state index >= 15 is 0 Å². The summed E-state index contributed by atoms with van der Waals surface area (Å²) in [5.41, 5.74) is 1.15. The Balaban J connectivity index is 1.73. The molecule has 8 nitrogen and oxygen atoms in total. The first-order valence-corrected chi connectivity index (χ1v) is 12.1. The lowest BCUT2D eigenvalue weighted by Crippen LogP contribution is -2.25. The number of benzene rings is 2. The first-order valence-electron chi connectivity index (χ1n) is 11.2. The van der Waals surface area contributed by atoms with Gasteiger partial charge in [0.25, 0.3) is 0 Å². The van der Waals surface area contributed by atoms with Gasteiger partial charge in [-0.3, -0.25) is 9.59 Å². The molecule has 3 rings (SSSR count). The number of ketones is 1. The minimum absolute atomic E-state index is 0.0497. The van der Waals surface area contributed by atoms with Crippen LogP contribution in [0.25, 0.3) is 0 Å². The first-order chi connectivity index (χ1) is 16.4. The molecule has 34 heavy (non-hydrogen) atoms. The molecule has 180 valence electrons. The summed E-state index contributed by atoms with van der Waals surface area (Å²) < 4.78 is 13.3. The van der Waals surface area contributed by atoms with E-state index in [1.54, 1.807) is 31.4 Å². The predicted molar refractivity (Wildman–Crippen MR) is 133 cm³/mol. The standard InChI is InChI=1S/C25H30N4O4S/c1-6-22(24(31)26-19-11-8-10-18(14-19)16(3)30)34-25-28-27-23(29(25)7-2)17(4)33-21-13-9-12-20(15-21)32-5/h8-15,17,22H,6-7H2,1-5H3,(H,26,31). The number of hydrogen-bond acceptors (Lipinski definition) is 7. The number of thioether (sulfide) groups is 1. The maximum absolute atomic E-state index is 13.0. The summed E-state index contributed by atoms with van der Waals surface area (Å²) in [5.74, 6) is 1.86. The van der Waals surface area contributed by atoms with E-state index in [1.807, 2.05) is 49.6 Å². The van der Waals surface area contributed by atoms with Crippen molar-refractivity contribution in [1.29, 1.82) is 0 Å². The van der Waals surface area contributed by atoms with E-state index in [0.29, 0.717) is 46.7 Å². The normalized spacial score (nSPS) is 12.6. The summed E-state index contributed by atoms with van der Waals surface area (Å²) in [4.78, 5) is 24.6. The highest BCUT2D eigenvalue weighted by Gasteiger charge is 2.24. The number of aromatic nitrogens is 3. The van der Waals surface area contributed by atoms with Crippen molar-refractivity contribution in [3.8, 4) is 11.5 Å². The number of hydrogen-bond donors (Lipinski definition) is 1. The largest absolute Gasteiger partial charge is 0.497 e. The number of amides is 1. The summed E-state index contributed by atoms with van der Waals surface area (Å²) >= 11 is 1.36. The number of ether oxygens (including phenoxy) is 2. The van der Waals surface area contributed by atoms with E-state index in [4.69, 9.17) is 9.47 Å². The molecule has 0 radical (unpaired) electrons. The zero-order chi connectivity index (χ0) is 24.7. The van der Waals surface area contributed by atoms with Crippen molar-refractivity contribution >= 4 is 29.1 Å². The van der Waals surface area contributed by atoms with Gasteiger partial charge >= 0.3 is 0 Å². The third-order valence-corrected chi connectivity index (χ3v) is 6.57. The molecule has 1 N–H and O–H groups in total. The van der Waals surface area contributed by atoms with Crippen LogP contribution in [0.3, 0.4) is 0 Å². The summed E-state index contributed by atoms with van der Waals surface area (Å²) in [6, 6.07) is 14.3. The van der Waals surface area contributed by atoms with Crippen LogP contribution in [0.5, 0.6) is 11.5 Å². The first kappa shape index (κ1) is 25.3. The fourth-order valence-electron chi connectivity index (χ4n) is 3.40. The van der Waals surface area contributed by atoms with Crippen molar-refractivity contribution < 1.29 is 19.1 Å². The Morgan fingerprint density at radius 2 is 1.82 bits per heavy atom. The van der Waals surface area contributed by atoms with Crippen molar-refractivity contribution in [2.45, 2.75) is 57.2 Å². The second-order valence-corrected chi connectivity index (χ2v) is 8.83. The van der Waals surface area contributed by atoms with Gasteiger partial charge in [-0.2, -0.15) is 0 Å². The fourth-order valence-corrected chi connectivity index (χ4v) is 4.43. The molecule has 9 heteroatoms. The molecular weight excluding hydrogens is 452 g/mol. The van der Waals surface area contributed by atoms with Gasteiger partial charge in [-0.1, -0.05) is 36.9 Å². The molecule has 0 aliphatic heterocycles. The molecule has 2 aromatic carbocycles. The third kappa shape index (κ3) is 6.17. The summed E-state index contributed by atoms with van der Waals surface area (Å²) in [6.07, 6.45) is 0.252. The molecule has 0 saturated carbocycles. The Morgan fingerprint density at radius 1 is 1.09 bits per heavy atom. The van der Waals surface area contributed by atoms with Gasteiger partial charge in [-0.15, -0.1) is 10.2 Å². The van der Waals surface area contributed by atoms with E-state index in [-0.39, 0.29) is 23.0 Å². The maximum Gasteiger partial charge on any atom is 0.237 e. The Labute approximate surface area is 204 Å². The summed E-state index contributed by atoms with van der Waals surface area (Å²) in [5, 5.41) is 11.9. The van der Waals surface area contributed by atoms with E-state index in [0.717, 1.165) is 0 Å². The van der Waals surface area contributed by atoms with E-state index in [2.05, 4.69) is 15.5 Å². The lowest BCUT2D eigenvalue weighted by molar-refractivity contribution is -0.115. The minimum atomic E-state index is -0.377. The Bertz CT molecular complexity index is 1150. The molecule has 1 aromatic heterocycles. The molecule has 2 atom stereocenters. The zero-order valence-corrected chi connectivity index (χ0v) is 20.9. The maximum atomic E-state index is 13.0. The molecular formula is C25H30N4O4S. The highest BCUT2D eigenvalue weighted by molar-refractivity contribution is 8.00. The number of carbonyl (C=O) groups is 2. The number of nitrogens with one attached hydrogen (secondary N) is 1. The average molecular weight is 483 g/mol. The van der Waals surface area contributed by atoms with Gasteiger partial charge in [0.1, 0.15) is 11.5 Å². The number of anilines is 1. The van der Waals surface area contributed by atoms with Crippen LogP contribution >= 0.6 is 11.8 Å². The van der Waals surface area contributed by atoms with Crippen molar-refractivity contribution in [1.82, 2.24) is 14.8 Å². The molecule has 0 saturated heterocycles. The van der Waals surface area contributed by atoms with Gasteiger partial charge in [0.15, 0.2) is 22.9 Å². The molecule has 0 spiro atoms. The molecule has 2 unspecified atom stereocenters. The van der Waals surface area contributed by atoms with Gasteiger partial charge in [0.2, 0.25) is 5.91 Å². The monoisotopic (exact) mass is 482 g/mol. The Kier molecular flexibility index (Phi) is 8.70. The molecule has 0 aliphatic rings. The van der Waals surface area contributed by atoms with Crippen LogP contribution in [0.4, 0.5) is 5.69 Å². The smallest absolute Gasteiger partial charge is 0.237 e.